The molecule has 2 rings (SSSR count). The van der Waals surface area contributed by atoms with Crippen molar-refractivity contribution in [2.45, 2.75) is 45.2 Å². The Labute approximate surface area is 136 Å². The summed E-state index contributed by atoms with van der Waals surface area (Å²) in [6.07, 6.45) is 3.98. The molecule has 0 saturated heterocycles. The molecule has 6 heteroatoms. The molecule has 0 aromatic heterocycles. The number of nitrogens with zero attached hydrogens (tertiary/aromatic N) is 1. The van der Waals surface area contributed by atoms with E-state index in [4.69, 9.17) is 0 Å². The average Bonchev–Trinajstić information content (AvgIpc) is 3.33. The molecule has 0 atom stereocenters. The third kappa shape index (κ3) is 6.36. The lowest BCUT2D eigenvalue weighted by Crippen LogP contribution is -2.45. The number of carbonyl (C=O) groups excluding carboxylic acids is 2. The Bertz CT molecular complexity index is 529. The highest BCUT2D eigenvalue weighted by molar-refractivity contribution is 5.95. The molecule has 0 heterocycles. The first-order chi connectivity index (χ1) is 11.1. The van der Waals surface area contributed by atoms with Crippen molar-refractivity contribution in [1.82, 2.24) is 15.5 Å². The van der Waals surface area contributed by atoms with E-state index in [1.165, 1.54) is 12.1 Å². The third-order valence-corrected chi connectivity index (χ3v) is 3.78. The first-order valence-electron chi connectivity index (χ1n) is 8.14. The minimum atomic E-state index is -0.444. The van der Waals surface area contributed by atoms with Gasteiger partial charge in [0.1, 0.15) is 5.82 Å². The summed E-state index contributed by atoms with van der Waals surface area (Å²) in [5.74, 6) is -0.582. The Hall–Kier alpha value is -1.95. The number of imide groups is 1. The monoisotopic (exact) mass is 321 g/mol. The van der Waals surface area contributed by atoms with Crippen molar-refractivity contribution in [3.63, 3.8) is 0 Å². The molecule has 0 bridgehead atoms. The van der Waals surface area contributed by atoms with Crippen molar-refractivity contribution in [3.05, 3.63) is 35.6 Å². The molecule has 23 heavy (non-hydrogen) atoms. The lowest BCUT2D eigenvalue weighted by atomic mass is 10.2. The van der Waals surface area contributed by atoms with Gasteiger partial charge in [-0.2, -0.15) is 0 Å². The predicted molar refractivity (Wildman–Crippen MR) is 86.3 cm³/mol. The van der Waals surface area contributed by atoms with Crippen LogP contribution in [0.1, 0.15) is 38.2 Å². The molecule has 0 spiro atoms. The normalized spacial score (nSPS) is 13.9. The van der Waals surface area contributed by atoms with E-state index in [-0.39, 0.29) is 18.3 Å². The Morgan fingerprint density at radius 2 is 1.96 bits per heavy atom. The van der Waals surface area contributed by atoms with Gasteiger partial charge in [0, 0.05) is 19.1 Å². The Morgan fingerprint density at radius 3 is 2.57 bits per heavy atom. The SMILES string of the molecule is CCCCNC(=O)NC(=O)CN(Cc1ccc(F)cc1)C1CC1. The number of amides is 3. The van der Waals surface area contributed by atoms with E-state index in [0.717, 1.165) is 31.2 Å². The summed E-state index contributed by atoms with van der Waals surface area (Å²) >= 11 is 0. The standard InChI is InChI=1S/C17H24FN3O2/c1-2-3-10-19-17(23)20-16(22)12-21(15-8-9-15)11-13-4-6-14(18)7-5-13/h4-7,15H,2-3,8-12H2,1H3,(H2,19,20,22,23). The maximum Gasteiger partial charge on any atom is 0.321 e. The van der Waals surface area contributed by atoms with E-state index in [0.29, 0.717) is 19.1 Å². The van der Waals surface area contributed by atoms with Crippen LogP contribution in [0.3, 0.4) is 0 Å². The van der Waals surface area contributed by atoms with E-state index in [2.05, 4.69) is 10.6 Å². The van der Waals surface area contributed by atoms with Crippen LogP contribution in [0.15, 0.2) is 24.3 Å². The smallest absolute Gasteiger partial charge is 0.321 e. The van der Waals surface area contributed by atoms with Gasteiger partial charge in [-0.1, -0.05) is 25.5 Å². The largest absolute Gasteiger partial charge is 0.338 e. The van der Waals surface area contributed by atoms with Crippen LogP contribution >= 0.6 is 0 Å². The van der Waals surface area contributed by atoms with Gasteiger partial charge in [0.25, 0.3) is 0 Å². The van der Waals surface area contributed by atoms with Crippen LogP contribution in [0.2, 0.25) is 0 Å². The average molecular weight is 321 g/mol. The molecule has 2 N–H and O–H groups in total. The first-order valence-corrected chi connectivity index (χ1v) is 8.14. The minimum Gasteiger partial charge on any atom is -0.338 e. The molecule has 1 aliphatic rings. The van der Waals surface area contributed by atoms with Gasteiger partial charge >= 0.3 is 6.03 Å². The fraction of sp³-hybridized carbons (Fsp3) is 0.529. The molecule has 1 saturated carbocycles. The first kappa shape index (κ1) is 17.4. The lowest BCUT2D eigenvalue weighted by molar-refractivity contribution is -0.121. The number of hydrogen-bond donors (Lipinski definition) is 2. The zero-order valence-electron chi connectivity index (χ0n) is 13.5. The van der Waals surface area contributed by atoms with Crippen molar-refractivity contribution < 1.29 is 14.0 Å². The van der Waals surface area contributed by atoms with Crippen molar-refractivity contribution in [3.8, 4) is 0 Å². The quantitative estimate of drug-likeness (QED) is 0.723. The van der Waals surface area contributed by atoms with E-state index in [9.17, 15) is 14.0 Å². The zero-order chi connectivity index (χ0) is 16.7. The van der Waals surface area contributed by atoms with Crippen molar-refractivity contribution in [1.29, 1.82) is 0 Å². The number of unbranched alkanes of at least 4 members (excludes halogenated alkanes) is 1. The summed E-state index contributed by atoms with van der Waals surface area (Å²) in [4.78, 5) is 25.6. The number of rotatable bonds is 8. The molecule has 126 valence electrons. The molecule has 5 nitrogen and oxygen atoms in total. The molecule has 1 aromatic rings. The van der Waals surface area contributed by atoms with Crippen molar-refractivity contribution >= 4 is 11.9 Å². The van der Waals surface area contributed by atoms with Gasteiger partial charge in [-0.3, -0.25) is 15.0 Å². The maximum absolute atomic E-state index is 13.0. The van der Waals surface area contributed by atoms with Gasteiger partial charge in [0.05, 0.1) is 6.54 Å². The van der Waals surface area contributed by atoms with Crippen LogP contribution in [0.4, 0.5) is 9.18 Å². The number of benzene rings is 1. The van der Waals surface area contributed by atoms with E-state index >= 15 is 0 Å². The number of carbonyl (C=O) groups is 2. The summed E-state index contributed by atoms with van der Waals surface area (Å²) in [5, 5.41) is 5.01. The summed E-state index contributed by atoms with van der Waals surface area (Å²) in [5.41, 5.74) is 0.957. The van der Waals surface area contributed by atoms with Gasteiger partial charge < -0.3 is 5.32 Å². The Morgan fingerprint density at radius 1 is 1.26 bits per heavy atom. The summed E-state index contributed by atoms with van der Waals surface area (Å²) in [6.45, 7) is 3.35. The molecular weight excluding hydrogens is 297 g/mol. The van der Waals surface area contributed by atoms with Crippen LogP contribution in [0.25, 0.3) is 0 Å². The van der Waals surface area contributed by atoms with Crippen LogP contribution in [-0.2, 0) is 11.3 Å². The fourth-order valence-corrected chi connectivity index (χ4v) is 2.35. The topological polar surface area (TPSA) is 61.4 Å². The molecule has 1 aliphatic carbocycles. The highest BCUT2D eigenvalue weighted by Gasteiger charge is 2.30. The molecule has 0 aliphatic heterocycles. The Kier molecular flexibility index (Phi) is 6.52. The van der Waals surface area contributed by atoms with E-state index < -0.39 is 6.03 Å². The summed E-state index contributed by atoms with van der Waals surface area (Å²) < 4.78 is 13.0. The number of nitrogens with one attached hydrogen (secondary N) is 2. The van der Waals surface area contributed by atoms with E-state index in [1.54, 1.807) is 12.1 Å². The van der Waals surface area contributed by atoms with Crippen LogP contribution in [-0.4, -0.2) is 36.0 Å². The number of hydrogen-bond acceptors (Lipinski definition) is 3. The molecule has 1 fully saturated rings. The van der Waals surface area contributed by atoms with Gasteiger partial charge in [0.15, 0.2) is 0 Å². The fourth-order valence-electron chi connectivity index (χ4n) is 2.35. The maximum atomic E-state index is 13.0. The van der Waals surface area contributed by atoms with Crippen LogP contribution in [0.5, 0.6) is 0 Å². The van der Waals surface area contributed by atoms with Crippen molar-refractivity contribution in [2.75, 3.05) is 13.1 Å². The van der Waals surface area contributed by atoms with Crippen LogP contribution < -0.4 is 10.6 Å². The van der Waals surface area contributed by atoms with Gasteiger partial charge in [-0.25, -0.2) is 9.18 Å². The second-order valence-corrected chi connectivity index (χ2v) is 5.92. The summed E-state index contributed by atoms with van der Waals surface area (Å²) in [6, 6.07) is 6.21. The highest BCUT2D eigenvalue weighted by atomic mass is 19.1. The zero-order valence-corrected chi connectivity index (χ0v) is 13.5. The lowest BCUT2D eigenvalue weighted by Gasteiger charge is -2.21. The molecule has 1 aromatic carbocycles. The van der Waals surface area contributed by atoms with Gasteiger partial charge in [-0.05, 0) is 37.0 Å². The minimum absolute atomic E-state index is 0.170. The predicted octanol–water partition coefficient (Wildman–Crippen LogP) is 2.42. The summed E-state index contributed by atoms with van der Waals surface area (Å²) in [7, 11) is 0. The van der Waals surface area contributed by atoms with Gasteiger partial charge in [0.2, 0.25) is 5.91 Å². The van der Waals surface area contributed by atoms with Crippen molar-refractivity contribution in [2.24, 2.45) is 0 Å². The van der Waals surface area contributed by atoms with Gasteiger partial charge in [-0.15, -0.1) is 0 Å². The van der Waals surface area contributed by atoms with E-state index in [1.807, 2.05) is 11.8 Å². The second kappa shape index (κ2) is 8.62. The highest BCUT2D eigenvalue weighted by Crippen LogP contribution is 2.28. The molecule has 0 radical (unpaired) electrons. The molecule has 0 unspecified atom stereocenters. The number of urea groups is 1. The number of halogens is 1. The third-order valence-electron chi connectivity index (χ3n) is 3.78. The second-order valence-electron chi connectivity index (χ2n) is 5.92. The molecular formula is C17H24FN3O2. The van der Waals surface area contributed by atoms with Crippen LogP contribution in [0, 0.1) is 5.82 Å². The Balaban J connectivity index is 1.81. The molecule has 3 amide bonds.